The van der Waals surface area contributed by atoms with Crippen molar-refractivity contribution >= 4 is 21.6 Å². The summed E-state index contributed by atoms with van der Waals surface area (Å²) in [4.78, 5) is 0. The molecule has 0 aromatic heterocycles. The number of anilines is 1. The number of hydrogen-bond donors (Lipinski definition) is 1. The van der Waals surface area contributed by atoms with E-state index < -0.39 is 11.6 Å². The van der Waals surface area contributed by atoms with Crippen LogP contribution < -0.4 is 10.1 Å². The monoisotopic (exact) mass is 327 g/mol. The highest BCUT2D eigenvalue weighted by molar-refractivity contribution is 9.10. The summed E-state index contributed by atoms with van der Waals surface area (Å²) in [6.07, 6.45) is 0. The molecule has 0 aliphatic heterocycles. The summed E-state index contributed by atoms with van der Waals surface area (Å²) in [7, 11) is 1.59. The van der Waals surface area contributed by atoms with E-state index in [2.05, 4.69) is 21.2 Å². The van der Waals surface area contributed by atoms with Crippen molar-refractivity contribution in [1.29, 1.82) is 0 Å². The Morgan fingerprint density at radius 3 is 2.53 bits per heavy atom. The fraction of sp³-hybridized carbons (Fsp3) is 0.143. The normalized spacial score (nSPS) is 10.3. The van der Waals surface area contributed by atoms with Gasteiger partial charge in [-0.3, -0.25) is 0 Å². The molecule has 0 amide bonds. The van der Waals surface area contributed by atoms with Crippen LogP contribution in [0.5, 0.6) is 5.75 Å². The Labute approximate surface area is 118 Å². The predicted molar refractivity (Wildman–Crippen MR) is 74.4 cm³/mol. The summed E-state index contributed by atoms with van der Waals surface area (Å²) < 4.78 is 33.1. The zero-order valence-electron chi connectivity index (χ0n) is 10.2. The fourth-order valence-corrected chi connectivity index (χ4v) is 2.12. The van der Waals surface area contributed by atoms with E-state index in [-0.39, 0.29) is 16.8 Å². The lowest BCUT2D eigenvalue weighted by atomic mass is 10.2. The highest BCUT2D eigenvalue weighted by atomic mass is 79.9. The summed E-state index contributed by atoms with van der Waals surface area (Å²) >= 11 is 3.07. The van der Waals surface area contributed by atoms with E-state index in [4.69, 9.17) is 4.74 Å². The summed E-state index contributed by atoms with van der Waals surface area (Å²) in [6, 6.07) is 10.4. The number of ether oxygens (including phenoxy) is 1. The second-order valence-electron chi connectivity index (χ2n) is 3.89. The van der Waals surface area contributed by atoms with Crippen molar-refractivity contribution in [2.24, 2.45) is 0 Å². The Bertz CT molecular complexity index is 575. The van der Waals surface area contributed by atoms with Crippen LogP contribution in [0.2, 0.25) is 0 Å². The minimum absolute atomic E-state index is 0.111. The predicted octanol–water partition coefficient (Wildman–Crippen LogP) is 4.35. The molecular weight excluding hydrogens is 316 g/mol. The molecule has 0 saturated carbocycles. The minimum Gasteiger partial charge on any atom is -0.483 e. The van der Waals surface area contributed by atoms with Gasteiger partial charge in [0.1, 0.15) is 6.61 Å². The van der Waals surface area contributed by atoms with Crippen molar-refractivity contribution < 1.29 is 13.5 Å². The average Bonchev–Trinajstić information content (AvgIpc) is 2.44. The maximum atomic E-state index is 14.0. The lowest BCUT2D eigenvalue weighted by Crippen LogP contribution is -2.02. The summed E-state index contributed by atoms with van der Waals surface area (Å²) in [5.41, 5.74) is 1.18. The lowest BCUT2D eigenvalue weighted by Gasteiger charge is -2.12. The van der Waals surface area contributed by atoms with E-state index in [1.54, 1.807) is 7.05 Å². The van der Waals surface area contributed by atoms with Crippen LogP contribution in [-0.2, 0) is 6.61 Å². The van der Waals surface area contributed by atoms with Crippen molar-refractivity contribution in [2.45, 2.75) is 6.61 Å². The standard InChI is InChI=1S/C14H12BrF2NO/c1-18-11-7-10(16)14(13(17)12(11)15)19-8-9-5-3-2-4-6-9/h2-7,18H,8H2,1H3. The Kier molecular flexibility index (Phi) is 4.37. The van der Waals surface area contributed by atoms with E-state index in [1.807, 2.05) is 30.3 Å². The molecule has 0 unspecified atom stereocenters. The van der Waals surface area contributed by atoms with Gasteiger partial charge in [0.25, 0.3) is 0 Å². The van der Waals surface area contributed by atoms with Gasteiger partial charge in [0.2, 0.25) is 0 Å². The molecule has 5 heteroatoms. The van der Waals surface area contributed by atoms with Gasteiger partial charge in [-0.15, -0.1) is 0 Å². The first-order valence-electron chi connectivity index (χ1n) is 5.65. The smallest absolute Gasteiger partial charge is 0.192 e. The quantitative estimate of drug-likeness (QED) is 0.843. The molecule has 0 bridgehead atoms. The van der Waals surface area contributed by atoms with Crippen molar-refractivity contribution in [3.05, 3.63) is 58.1 Å². The van der Waals surface area contributed by atoms with Crippen LogP contribution in [0.15, 0.2) is 40.9 Å². The number of hydrogen-bond acceptors (Lipinski definition) is 2. The van der Waals surface area contributed by atoms with Crippen molar-refractivity contribution in [3.63, 3.8) is 0 Å². The Morgan fingerprint density at radius 2 is 1.89 bits per heavy atom. The molecular formula is C14H12BrF2NO. The number of halogens is 3. The molecule has 2 aromatic rings. The van der Waals surface area contributed by atoms with Crippen LogP contribution in [0.25, 0.3) is 0 Å². The lowest BCUT2D eigenvalue weighted by molar-refractivity contribution is 0.273. The van der Waals surface area contributed by atoms with Gasteiger partial charge in [0.05, 0.1) is 10.2 Å². The van der Waals surface area contributed by atoms with Crippen molar-refractivity contribution in [3.8, 4) is 5.75 Å². The molecule has 2 aromatic carbocycles. The number of benzene rings is 2. The van der Waals surface area contributed by atoms with Crippen LogP contribution in [0, 0.1) is 11.6 Å². The minimum atomic E-state index is -0.750. The second-order valence-corrected chi connectivity index (χ2v) is 4.68. The molecule has 0 saturated heterocycles. The van der Waals surface area contributed by atoms with Gasteiger partial charge in [-0.05, 0) is 21.5 Å². The molecule has 2 rings (SSSR count). The maximum Gasteiger partial charge on any atom is 0.192 e. The molecule has 19 heavy (non-hydrogen) atoms. The van der Waals surface area contributed by atoms with Gasteiger partial charge in [0.15, 0.2) is 17.4 Å². The van der Waals surface area contributed by atoms with Crippen LogP contribution in [0.3, 0.4) is 0 Å². The van der Waals surface area contributed by atoms with Crippen LogP contribution in [0.4, 0.5) is 14.5 Å². The second kappa shape index (κ2) is 6.02. The third-order valence-corrected chi connectivity index (χ3v) is 3.39. The topological polar surface area (TPSA) is 21.3 Å². The van der Waals surface area contributed by atoms with Crippen LogP contribution >= 0.6 is 15.9 Å². The van der Waals surface area contributed by atoms with Crippen LogP contribution in [0.1, 0.15) is 5.56 Å². The zero-order valence-corrected chi connectivity index (χ0v) is 11.8. The fourth-order valence-electron chi connectivity index (χ4n) is 1.62. The zero-order chi connectivity index (χ0) is 13.8. The Hall–Kier alpha value is -1.62. The van der Waals surface area contributed by atoms with Crippen molar-refractivity contribution in [2.75, 3.05) is 12.4 Å². The third-order valence-electron chi connectivity index (χ3n) is 2.61. The van der Waals surface area contributed by atoms with E-state index in [0.29, 0.717) is 5.69 Å². The molecule has 2 nitrogen and oxygen atoms in total. The van der Waals surface area contributed by atoms with Gasteiger partial charge in [-0.1, -0.05) is 30.3 Å². The van der Waals surface area contributed by atoms with Gasteiger partial charge in [0, 0.05) is 13.1 Å². The first-order chi connectivity index (χ1) is 9.13. The summed E-state index contributed by atoms with van der Waals surface area (Å²) in [5, 5.41) is 2.70. The van der Waals surface area contributed by atoms with Gasteiger partial charge < -0.3 is 10.1 Å². The molecule has 0 fully saturated rings. The third kappa shape index (κ3) is 3.04. The first kappa shape index (κ1) is 13.8. The Balaban J connectivity index is 2.24. The van der Waals surface area contributed by atoms with Gasteiger partial charge in [-0.2, -0.15) is 0 Å². The van der Waals surface area contributed by atoms with E-state index >= 15 is 0 Å². The van der Waals surface area contributed by atoms with E-state index in [1.165, 1.54) is 6.07 Å². The Morgan fingerprint density at radius 1 is 1.21 bits per heavy atom. The number of nitrogens with one attached hydrogen (secondary N) is 1. The largest absolute Gasteiger partial charge is 0.483 e. The number of rotatable bonds is 4. The molecule has 0 radical (unpaired) electrons. The summed E-state index contributed by atoms with van der Waals surface area (Å²) in [5.74, 6) is -1.86. The SMILES string of the molecule is CNc1cc(F)c(OCc2ccccc2)c(F)c1Br. The molecule has 100 valence electrons. The van der Waals surface area contributed by atoms with E-state index in [0.717, 1.165) is 5.56 Å². The highest BCUT2D eigenvalue weighted by Crippen LogP contribution is 2.34. The molecule has 0 aliphatic rings. The molecule has 0 spiro atoms. The van der Waals surface area contributed by atoms with Gasteiger partial charge >= 0.3 is 0 Å². The average molecular weight is 328 g/mol. The maximum absolute atomic E-state index is 14.0. The van der Waals surface area contributed by atoms with Crippen molar-refractivity contribution in [1.82, 2.24) is 0 Å². The molecule has 1 N–H and O–H groups in total. The summed E-state index contributed by atoms with van der Waals surface area (Å²) in [6.45, 7) is 0.111. The molecule has 0 aliphatic carbocycles. The van der Waals surface area contributed by atoms with E-state index in [9.17, 15) is 8.78 Å². The van der Waals surface area contributed by atoms with Gasteiger partial charge in [-0.25, -0.2) is 8.78 Å². The molecule has 0 heterocycles. The first-order valence-corrected chi connectivity index (χ1v) is 6.44. The highest BCUT2D eigenvalue weighted by Gasteiger charge is 2.17. The molecule has 0 atom stereocenters. The van der Waals surface area contributed by atoms with Crippen LogP contribution in [-0.4, -0.2) is 7.05 Å².